The molecule has 2 rings (SSSR count). The molecule has 2 aromatic rings. The molecular formula is C14H15N3O3. The van der Waals surface area contributed by atoms with E-state index < -0.39 is 6.03 Å². The van der Waals surface area contributed by atoms with E-state index >= 15 is 0 Å². The SMILES string of the molecule is COc1cc2c(OC)cccc2cc1C=NNC(N)=O. The Balaban J connectivity index is 2.50. The van der Waals surface area contributed by atoms with Crippen molar-refractivity contribution in [1.29, 1.82) is 0 Å². The van der Waals surface area contributed by atoms with Gasteiger partial charge in [-0.2, -0.15) is 5.10 Å². The second-order valence-corrected chi connectivity index (χ2v) is 4.01. The maximum absolute atomic E-state index is 10.6. The molecule has 0 aliphatic rings. The van der Waals surface area contributed by atoms with Gasteiger partial charge in [0.2, 0.25) is 0 Å². The van der Waals surface area contributed by atoms with Crippen LogP contribution >= 0.6 is 0 Å². The van der Waals surface area contributed by atoms with Crippen LogP contribution in [0.25, 0.3) is 10.8 Å². The molecule has 0 saturated heterocycles. The standard InChI is InChI=1S/C14H15N3O3/c1-19-12-5-3-4-9-6-10(8-16-17-14(15)18)13(20-2)7-11(9)12/h3-8H,1-2H3,(H3,15,17,18). The van der Waals surface area contributed by atoms with E-state index in [1.54, 1.807) is 14.2 Å². The molecule has 6 nitrogen and oxygen atoms in total. The Hall–Kier alpha value is -2.76. The van der Waals surface area contributed by atoms with Crippen molar-refractivity contribution in [2.24, 2.45) is 10.8 Å². The molecule has 0 aliphatic carbocycles. The zero-order valence-corrected chi connectivity index (χ0v) is 11.2. The van der Waals surface area contributed by atoms with Crippen molar-refractivity contribution in [2.45, 2.75) is 0 Å². The molecule has 0 heterocycles. The molecule has 104 valence electrons. The fourth-order valence-electron chi connectivity index (χ4n) is 1.92. The minimum Gasteiger partial charge on any atom is -0.496 e. The van der Waals surface area contributed by atoms with Crippen LogP contribution < -0.4 is 20.6 Å². The van der Waals surface area contributed by atoms with Gasteiger partial charge in [0.25, 0.3) is 0 Å². The van der Waals surface area contributed by atoms with Crippen LogP contribution in [-0.4, -0.2) is 26.5 Å². The van der Waals surface area contributed by atoms with Crippen LogP contribution in [0.5, 0.6) is 11.5 Å². The third kappa shape index (κ3) is 2.80. The van der Waals surface area contributed by atoms with E-state index in [2.05, 4.69) is 10.5 Å². The molecule has 0 atom stereocenters. The van der Waals surface area contributed by atoms with Gasteiger partial charge in [-0.1, -0.05) is 12.1 Å². The Morgan fingerprint density at radius 3 is 2.65 bits per heavy atom. The molecule has 0 aromatic heterocycles. The first-order valence-electron chi connectivity index (χ1n) is 5.89. The Morgan fingerprint density at radius 2 is 2.00 bits per heavy atom. The molecule has 2 aromatic carbocycles. The van der Waals surface area contributed by atoms with E-state index in [1.165, 1.54) is 6.21 Å². The number of carbonyl (C=O) groups is 1. The molecule has 3 N–H and O–H groups in total. The second kappa shape index (κ2) is 5.92. The molecule has 2 amide bonds. The summed E-state index contributed by atoms with van der Waals surface area (Å²) in [6, 6.07) is 8.77. The van der Waals surface area contributed by atoms with Gasteiger partial charge in [-0.25, -0.2) is 10.2 Å². The van der Waals surface area contributed by atoms with Crippen molar-refractivity contribution in [2.75, 3.05) is 14.2 Å². The number of hydrogen-bond acceptors (Lipinski definition) is 4. The van der Waals surface area contributed by atoms with Crippen molar-refractivity contribution >= 4 is 23.0 Å². The number of rotatable bonds is 4. The van der Waals surface area contributed by atoms with Crippen LogP contribution in [0, 0.1) is 0 Å². The first kappa shape index (κ1) is 13.7. The lowest BCUT2D eigenvalue weighted by Crippen LogP contribution is -2.24. The van der Waals surface area contributed by atoms with Crippen LogP contribution in [-0.2, 0) is 0 Å². The number of nitrogens with zero attached hydrogens (tertiary/aromatic N) is 1. The van der Waals surface area contributed by atoms with E-state index in [-0.39, 0.29) is 0 Å². The van der Waals surface area contributed by atoms with E-state index in [4.69, 9.17) is 15.2 Å². The number of nitrogens with one attached hydrogen (secondary N) is 1. The predicted octanol–water partition coefficient (Wildman–Crippen LogP) is 1.86. The van der Waals surface area contributed by atoms with Crippen molar-refractivity contribution in [3.05, 3.63) is 35.9 Å². The van der Waals surface area contributed by atoms with E-state index in [9.17, 15) is 4.79 Å². The highest BCUT2D eigenvalue weighted by Crippen LogP contribution is 2.31. The van der Waals surface area contributed by atoms with Crippen LogP contribution in [0.1, 0.15) is 5.56 Å². The van der Waals surface area contributed by atoms with Crippen molar-refractivity contribution in [3.8, 4) is 11.5 Å². The quantitative estimate of drug-likeness (QED) is 0.658. The van der Waals surface area contributed by atoms with Gasteiger partial charge in [-0.15, -0.1) is 0 Å². The molecule has 0 radical (unpaired) electrons. The molecule has 0 fully saturated rings. The van der Waals surface area contributed by atoms with Crippen LogP contribution in [0.2, 0.25) is 0 Å². The van der Waals surface area contributed by atoms with E-state index in [0.717, 1.165) is 22.1 Å². The van der Waals surface area contributed by atoms with Crippen molar-refractivity contribution in [3.63, 3.8) is 0 Å². The number of ether oxygens (including phenoxy) is 2. The lowest BCUT2D eigenvalue weighted by molar-refractivity contribution is 0.249. The third-order valence-corrected chi connectivity index (χ3v) is 2.79. The molecule has 0 aliphatic heterocycles. The fourth-order valence-corrected chi connectivity index (χ4v) is 1.92. The Morgan fingerprint density at radius 1 is 1.25 bits per heavy atom. The number of hydrogen-bond donors (Lipinski definition) is 2. The van der Waals surface area contributed by atoms with Gasteiger partial charge in [0.05, 0.1) is 20.4 Å². The average molecular weight is 273 g/mol. The normalized spacial score (nSPS) is 10.7. The number of primary amides is 1. The second-order valence-electron chi connectivity index (χ2n) is 4.01. The van der Waals surface area contributed by atoms with Gasteiger partial charge in [-0.3, -0.25) is 0 Å². The maximum atomic E-state index is 10.6. The average Bonchev–Trinajstić information content (AvgIpc) is 2.45. The highest BCUT2D eigenvalue weighted by molar-refractivity contribution is 5.96. The summed E-state index contributed by atoms with van der Waals surface area (Å²) in [7, 11) is 3.18. The summed E-state index contributed by atoms with van der Waals surface area (Å²) in [4.78, 5) is 10.6. The van der Waals surface area contributed by atoms with Gasteiger partial charge in [0, 0.05) is 10.9 Å². The number of carbonyl (C=O) groups excluding carboxylic acids is 1. The third-order valence-electron chi connectivity index (χ3n) is 2.79. The first-order valence-corrected chi connectivity index (χ1v) is 5.89. The first-order chi connectivity index (χ1) is 9.65. The number of benzene rings is 2. The number of fused-ring (bicyclic) bond motifs is 1. The van der Waals surface area contributed by atoms with Crippen LogP contribution in [0.15, 0.2) is 35.4 Å². The van der Waals surface area contributed by atoms with E-state index in [0.29, 0.717) is 5.75 Å². The number of urea groups is 1. The molecule has 20 heavy (non-hydrogen) atoms. The predicted molar refractivity (Wildman–Crippen MR) is 77.4 cm³/mol. The molecule has 0 saturated carbocycles. The van der Waals surface area contributed by atoms with Gasteiger partial charge < -0.3 is 15.2 Å². The van der Waals surface area contributed by atoms with Crippen molar-refractivity contribution in [1.82, 2.24) is 5.43 Å². The number of nitrogens with two attached hydrogens (primary N) is 1. The molecule has 6 heteroatoms. The molecule has 0 spiro atoms. The summed E-state index contributed by atoms with van der Waals surface area (Å²) >= 11 is 0. The summed E-state index contributed by atoms with van der Waals surface area (Å²) in [5.41, 5.74) is 7.81. The smallest absolute Gasteiger partial charge is 0.332 e. The van der Waals surface area contributed by atoms with Gasteiger partial charge in [0.15, 0.2) is 0 Å². The zero-order valence-electron chi connectivity index (χ0n) is 11.2. The van der Waals surface area contributed by atoms with Crippen LogP contribution in [0.3, 0.4) is 0 Å². The summed E-state index contributed by atoms with van der Waals surface area (Å²) in [6.07, 6.45) is 1.47. The molecule has 0 bridgehead atoms. The highest BCUT2D eigenvalue weighted by Gasteiger charge is 2.07. The largest absolute Gasteiger partial charge is 0.496 e. The highest BCUT2D eigenvalue weighted by atomic mass is 16.5. The maximum Gasteiger partial charge on any atom is 0.332 e. The summed E-state index contributed by atoms with van der Waals surface area (Å²) in [5, 5.41) is 5.65. The lowest BCUT2D eigenvalue weighted by atomic mass is 10.1. The molecule has 0 unspecified atom stereocenters. The Kier molecular flexibility index (Phi) is 4.05. The fraction of sp³-hybridized carbons (Fsp3) is 0.143. The number of amides is 2. The van der Waals surface area contributed by atoms with Gasteiger partial charge in [0.1, 0.15) is 11.5 Å². The van der Waals surface area contributed by atoms with Gasteiger partial charge >= 0.3 is 6.03 Å². The monoisotopic (exact) mass is 273 g/mol. The number of hydrazone groups is 1. The van der Waals surface area contributed by atoms with Crippen LogP contribution in [0.4, 0.5) is 4.79 Å². The Labute approximate surface area is 116 Å². The topological polar surface area (TPSA) is 85.9 Å². The van der Waals surface area contributed by atoms with Crippen molar-refractivity contribution < 1.29 is 14.3 Å². The zero-order chi connectivity index (χ0) is 14.5. The summed E-state index contributed by atoms with van der Waals surface area (Å²) < 4.78 is 10.6. The summed E-state index contributed by atoms with van der Waals surface area (Å²) in [5.74, 6) is 1.39. The van der Waals surface area contributed by atoms with E-state index in [1.807, 2.05) is 30.3 Å². The minimum absolute atomic E-state index is 0.622. The summed E-state index contributed by atoms with van der Waals surface area (Å²) in [6.45, 7) is 0. The minimum atomic E-state index is -0.720. The lowest BCUT2D eigenvalue weighted by Gasteiger charge is -2.10. The number of methoxy groups -OCH3 is 2. The Bertz CT molecular complexity index is 668. The molecular weight excluding hydrogens is 258 g/mol. The van der Waals surface area contributed by atoms with Gasteiger partial charge in [-0.05, 0) is 23.6 Å².